The fraction of sp³-hybridized carbons (Fsp3) is 0.944. The summed E-state index contributed by atoms with van der Waals surface area (Å²) >= 11 is 0. The van der Waals surface area contributed by atoms with Crippen molar-refractivity contribution in [2.45, 2.75) is 96.6 Å². The van der Waals surface area contributed by atoms with Gasteiger partial charge in [-0.1, -0.05) is 0 Å². The molecule has 0 aromatic heterocycles. The molecular formula is C18H32O6. The van der Waals surface area contributed by atoms with E-state index in [2.05, 4.69) is 0 Å². The molecule has 2 fully saturated rings. The van der Waals surface area contributed by atoms with Crippen molar-refractivity contribution in [3.8, 4) is 0 Å². The number of aliphatic hydroxyl groups is 2. The van der Waals surface area contributed by atoms with E-state index in [0.29, 0.717) is 5.92 Å². The van der Waals surface area contributed by atoms with Crippen molar-refractivity contribution < 1.29 is 29.2 Å². The van der Waals surface area contributed by atoms with Gasteiger partial charge < -0.3 is 24.4 Å². The fourth-order valence-corrected chi connectivity index (χ4v) is 3.04. The zero-order chi connectivity index (χ0) is 18.1. The molecule has 140 valence electrons. The van der Waals surface area contributed by atoms with Crippen molar-refractivity contribution in [1.82, 2.24) is 0 Å². The maximum absolute atomic E-state index is 12.0. The number of hydrogen-bond acceptors (Lipinski definition) is 6. The van der Waals surface area contributed by atoms with Crippen molar-refractivity contribution in [1.29, 1.82) is 0 Å². The zero-order valence-corrected chi connectivity index (χ0v) is 15.4. The van der Waals surface area contributed by atoms with E-state index in [9.17, 15) is 15.0 Å². The van der Waals surface area contributed by atoms with Gasteiger partial charge in [-0.05, 0) is 59.8 Å². The first kappa shape index (κ1) is 19.6. The van der Waals surface area contributed by atoms with Gasteiger partial charge in [0, 0.05) is 6.42 Å². The molecule has 0 aromatic carbocycles. The van der Waals surface area contributed by atoms with E-state index in [1.54, 1.807) is 6.92 Å². The largest absolute Gasteiger partial charge is 0.460 e. The molecule has 3 unspecified atom stereocenters. The standard InChI is InChI=1S/C18H32O6/c1-10(22-17-15(20)9-14(19)11(2)23-17)6-7-12-8-13(12)16(21)24-18(3,4)5/h10-15,17,19-20H,6-9H2,1-5H3/t10-,11+,12-,13?,14?,15-,17?/m1/s1. The molecule has 1 aliphatic carbocycles. The Bertz CT molecular complexity index is 432. The van der Waals surface area contributed by atoms with Crippen molar-refractivity contribution in [3.05, 3.63) is 0 Å². The SMILES string of the molecule is C[C@H](CC[C@@H]1CC1C(=O)OC(C)(C)C)OC1O[C@@H](C)C(O)C[C@H]1O. The summed E-state index contributed by atoms with van der Waals surface area (Å²) in [4.78, 5) is 12.0. The van der Waals surface area contributed by atoms with Crippen molar-refractivity contribution in [2.75, 3.05) is 0 Å². The fourth-order valence-electron chi connectivity index (χ4n) is 3.04. The maximum Gasteiger partial charge on any atom is 0.309 e. The van der Waals surface area contributed by atoms with Gasteiger partial charge in [0.05, 0.1) is 24.2 Å². The van der Waals surface area contributed by atoms with Crippen LogP contribution in [0.3, 0.4) is 0 Å². The van der Waals surface area contributed by atoms with Gasteiger partial charge in [-0.25, -0.2) is 0 Å². The molecular weight excluding hydrogens is 312 g/mol. The maximum atomic E-state index is 12.0. The van der Waals surface area contributed by atoms with Crippen molar-refractivity contribution in [3.63, 3.8) is 0 Å². The zero-order valence-electron chi connectivity index (χ0n) is 15.4. The van der Waals surface area contributed by atoms with Crippen LogP contribution in [0.4, 0.5) is 0 Å². The lowest BCUT2D eigenvalue weighted by Crippen LogP contribution is -2.48. The van der Waals surface area contributed by atoms with E-state index < -0.39 is 24.1 Å². The van der Waals surface area contributed by atoms with Crippen LogP contribution in [0.1, 0.15) is 60.3 Å². The summed E-state index contributed by atoms with van der Waals surface area (Å²) in [5.74, 6) is 0.280. The molecule has 0 spiro atoms. The summed E-state index contributed by atoms with van der Waals surface area (Å²) in [5, 5.41) is 19.6. The lowest BCUT2D eigenvalue weighted by molar-refractivity contribution is -0.273. The second-order valence-corrected chi connectivity index (χ2v) is 8.24. The number of aliphatic hydroxyl groups excluding tert-OH is 2. The lowest BCUT2D eigenvalue weighted by atomic mass is 10.0. The van der Waals surface area contributed by atoms with Crippen LogP contribution >= 0.6 is 0 Å². The van der Waals surface area contributed by atoms with Crippen LogP contribution in [0.2, 0.25) is 0 Å². The number of carbonyl (C=O) groups excluding carboxylic acids is 1. The Labute approximate surface area is 144 Å². The van der Waals surface area contributed by atoms with E-state index in [4.69, 9.17) is 14.2 Å². The molecule has 2 N–H and O–H groups in total. The predicted molar refractivity (Wildman–Crippen MR) is 88.2 cm³/mol. The van der Waals surface area contributed by atoms with E-state index in [1.165, 1.54) is 0 Å². The molecule has 6 nitrogen and oxygen atoms in total. The third kappa shape index (κ3) is 5.69. The third-order valence-electron chi connectivity index (χ3n) is 4.63. The van der Waals surface area contributed by atoms with Crippen LogP contribution in [0, 0.1) is 11.8 Å². The Kier molecular flexibility index (Phi) is 6.29. The molecule has 1 saturated heterocycles. The third-order valence-corrected chi connectivity index (χ3v) is 4.63. The summed E-state index contributed by atoms with van der Waals surface area (Å²) in [7, 11) is 0. The molecule has 1 saturated carbocycles. The van der Waals surface area contributed by atoms with Crippen LogP contribution in [-0.4, -0.2) is 52.5 Å². The molecule has 7 atom stereocenters. The molecule has 0 amide bonds. The van der Waals surface area contributed by atoms with E-state index in [0.717, 1.165) is 19.3 Å². The Morgan fingerprint density at radius 2 is 1.92 bits per heavy atom. The molecule has 2 rings (SSSR count). The highest BCUT2D eigenvalue weighted by molar-refractivity contribution is 5.76. The highest BCUT2D eigenvalue weighted by Gasteiger charge is 2.45. The number of carbonyl (C=O) groups is 1. The van der Waals surface area contributed by atoms with Crippen LogP contribution in [0.25, 0.3) is 0 Å². The summed E-state index contributed by atoms with van der Waals surface area (Å²) in [6, 6.07) is 0. The molecule has 1 aliphatic heterocycles. The Morgan fingerprint density at radius 3 is 2.54 bits per heavy atom. The first-order chi connectivity index (χ1) is 11.1. The van der Waals surface area contributed by atoms with Crippen LogP contribution in [0.15, 0.2) is 0 Å². The lowest BCUT2D eigenvalue weighted by Gasteiger charge is -2.36. The Balaban J connectivity index is 1.67. The molecule has 24 heavy (non-hydrogen) atoms. The summed E-state index contributed by atoms with van der Waals surface area (Å²) < 4.78 is 16.7. The molecule has 1 heterocycles. The average Bonchev–Trinajstić information content (AvgIpc) is 3.20. The topological polar surface area (TPSA) is 85.2 Å². The minimum absolute atomic E-state index is 0.0168. The van der Waals surface area contributed by atoms with Gasteiger partial charge in [0.1, 0.15) is 11.7 Å². The Hall–Kier alpha value is -0.690. The highest BCUT2D eigenvalue weighted by atomic mass is 16.7. The van der Waals surface area contributed by atoms with Crippen LogP contribution < -0.4 is 0 Å². The summed E-state index contributed by atoms with van der Waals surface area (Å²) in [6.45, 7) is 9.35. The summed E-state index contributed by atoms with van der Waals surface area (Å²) in [5.41, 5.74) is -0.434. The number of hydrogen-bond donors (Lipinski definition) is 2. The van der Waals surface area contributed by atoms with Gasteiger partial charge in [0.15, 0.2) is 6.29 Å². The quantitative estimate of drug-likeness (QED) is 0.717. The van der Waals surface area contributed by atoms with Gasteiger partial charge >= 0.3 is 5.97 Å². The van der Waals surface area contributed by atoms with Gasteiger partial charge in [-0.15, -0.1) is 0 Å². The summed E-state index contributed by atoms with van der Waals surface area (Å²) in [6.07, 6.45) is 0.261. The highest BCUT2D eigenvalue weighted by Crippen LogP contribution is 2.44. The number of rotatable bonds is 6. The van der Waals surface area contributed by atoms with E-state index in [-0.39, 0.29) is 30.5 Å². The van der Waals surface area contributed by atoms with E-state index >= 15 is 0 Å². The Morgan fingerprint density at radius 1 is 1.25 bits per heavy atom. The number of ether oxygens (including phenoxy) is 3. The molecule has 0 radical (unpaired) electrons. The van der Waals surface area contributed by atoms with Gasteiger partial charge in [-0.3, -0.25) is 4.79 Å². The van der Waals surface area contributed by atoms with Crippen molar-refractivity contribution >= 4 is 5.97 Å². The number of esters is 1. The first-order valence-electron chi connectivity index (χ1n) is 8.96. The van der Waals surface area contributed by atoms with Gasteiger partial charge in [-0.2, -0.15) is 0 Å². The van der Waals surface area contributed by atoms with E-state index in [1.807, 2.05) is 27.7 Å². The second kappa shape index (κ2) is 7.68. The second-order valence-electron chi connectivity index (χ2n) is 8.24. The normalized spacial score (nSPS) is 37.8. The predicted octanol–water partition coefficient (Wildman–Crippen LogP) is 2.01. The van der Waals surface area contributed by atoms with Gasteiger partial charge in [0.25, 0.3) is 0 Å². The molecule has 6 heteroatoms. The monoisotopic (exact) mass is 344 g/mol. The smallest absolute Gasteiger partial charge is 0.309 e. The van der Waals surface area contributed by atoms with Crippen molar-refractivity contribution in [2.24, 2.45) is 11.8 Å². The molecule has 0 bridgehead atoms. The van der Waals surface area contributed by atoms with Gasteiger partial charge in [0.2, 0.25) is 0 Å². The van der Waals surface area contributed by atoms with Crippen LogP contribution in [0.5, 0.6) is 0 Å². The molecule has 2 aliphatic rings. The minimum Gasteiger partial charge on any atom is -0.460 e. The minimum atomic E-state index is -0.811. The molecule has 0 aromatic rings. The van der Waals surface area contributed by atoms with Crippen LogP contribution in [-0.2, 0) is 19.0 Å². The average molecular weight is 344 g/mol. The first-order valence-corrected chi connectivity index (χ1v) is 8.96.